The second kappa shape index (κ2) is 8.50. The van der Waals surface area contributed by atoms with Crippen molar-refractivity contribution in [3.05, 3.63) is 40.6 Å². The lowest BCUT2D eigenvalue weighted by Gasteiger charge is -2.38. The van der Waals surface area contributed by atoms with Crippen molar-refractivity contribution in [2.45, 2.75) is 12.8 Å². The topological polar surface area (TPSA) is 51.9 Å². The average molecular weight is 377 g/mol. The summed E-state index contributed by atoms with van der Waals surface area (Å²) in [5.41, 5.74) is 2.82. The maximum Gasteiger partial charge on any atom is 0.208 e. The molecule has 1 saturated carbocycles. The number of amidine groups is 1. The van der Waals surface area contributed by atoms with Crippen LogP contribution in [0.15, 0.2) is 40.5 Å². The van der Waals surface area contributed by atoms with Crippen molar-refractivity contribution in [1.29, 1.82) is 5.26 Å². The normalized spacial score (nSPS) is 17.3. The summed E-state index contributed by atoms with van der Waals surface area (Å²) < 4.78 is 5.97. The van der Waals surface area contributed by atoms with Gasteiger partial charge in [0.25, 0.3) is 0 Å². The summed E-state index contributed by atoms with van der Waals surface area (Å²) in [5.74, 6) is 0.840. The van der Waals surface area contributed by atoms with Gasteiger partial charge < -0.3 is 14.5 Å². The molecule has 0 atom stereocenters. The highest BCUT2D eigenvalue weighted by molar-refractivity contribution is 8.13. The minimum atomic E-state index is 0.596. The summed E-state index contributed by atoms with van der Waals surface area (Å²) >= 11 is 7.45. The van der Waals surface area contributed by atoms with Crippen molar-refractivity contribution in [3.63, 3.8) is 0 Å². The Labute approximate surface area is 157 Å². The predicted molar refractivity (Wildman–Crippen MR) is 103 cm³/mol. The van der Waals surface area contributed by atoms with E-state index in [4.69, 9.17) is 21.6 Å². The number of benzene rings is 1. The van der Waals surface area contributed by atoms with E-state index in [0.717, 1.165) is 37.1 Å². The molecule has 2 aliphatic rings. The quantitative estimate of drug-likeness (QED) is 0.456. The summed E-state index contributed by atoms with van der Waals surface area (Å²) in [7, 11) is 0. The molecule has 1 aromatic carbocycles. The van der Waals surface area contributed by atoms with E-state index in [0.29, 0.717) is 11.6 Å². The van der Waals surface area contributed by atoms with E-state index in [1.807, 2.05) is 36.7 Å². The number of allylic oxidation sites excluding steroid dienone is 1. The van der Waals surface area contributed by atoms with E-state index in [2.05, 4.69) is 14.8 Å². The molecule has 1 saturated heterocycles. The first kappa shape index (κ1) is 18.0. The molecule has 0 spiro atoms. The van der Waals surface area contributed by atoms with Gasteiger partial charge in [-0.1, -0.05) is 23.4 Å². The molecule has 5 nitrogen and oxygen atoms in total. The van der Waals surface area contributed by atoms with Crippen molar-refractivity contribution in [3.8, 4) is 11.9 Å². The largest absolute Gasteiger partial charge is 0.487 e. The molecule has 25 heavy (non-hydrogen) atoms. The van der Waals surface area contributed by atoms with Crippen LogP contribution in [0.5, 0.6) is 5.75 Å². The Bertz CT molecular complexity index is 697. The number of ether oxygens (including phenoxy) is 1. The van der Waals surface area contributed by atoms with E-state index < -0.39 is 0 Å². The first-order chi connectivity index (χ1) is 12.2. The Morgan fingerprint density at radius 3 is 2.40 bits per heavy atom. The highest BCUT2D eigenvalue weighted by Crippen LogP contribution is 2.34. The Balaban J connectivity index is 1.58. The molecule has 1 aliphatic heterocycles. The molecule has 0 bridgehead atoms. The van der Waals surface area contributed by atoms with Crippen LogP contribution in [0, 0.1) is 11.5 Å². The second-order valence-electron chi connectivity index (χ2n) is 5.97. The fraction of sp³-hybridized carbons (Fsp3) is 0.444. The number of piperazine rings is 1. The maximum atomic E-state index is 8.79. The van der Waals surface area contributed by atoms with E-state index in [9.17, 15) is 0 Å². The van der Waals surface area contributed by atoms with Gasteiger partial charge in [-0.05, 0) is 48.9 Å². The van der Waals surface area contributed by atoms with Crippen LogP contribution in [0.25, 0.3) is 0 Å². The summed E-state index contributed by atoms with van der Waals surface area (Å²) in [6.07, 6.45) is 6.20. The lowest BCUT2D eigenvalue weighted by Crippen LogP contribution is -2.48. The summed E-state index contributed by atoms with van der Waals surface area (Å²) in [6, 6.07) is 7.49. The first-order valence-electron chi connectivity index (χ1n) is 8.31. The minimum Gasteiger partial charge on any atom is -0.487 e. The zero-order valence-electron chi connectivity index (χ0n) is 14.2. The van der Waals surface area contributed by atoms with Crippen molar-refractivity contribution in [2.24, 2.45) is 4.99 Å². The molecule has 7 heteroatoms. The van der Waals surface area contributed by atoms with Crippen LogP contribution in [-0.2, 0) is 0 Å². The van der Waals surface area contributed by atoms with E-state index in [1.54, 1.807) is 0 Å². The molecule has 3 rings (SSSR count). The third kappa shape index (κ3) is 4.83. The van der Waals surface area contributed by atoms with Gasteiger partial charge in [-0.25, -0.2) is 0 Å². The highest BCUT2D eigenvalue weighted by atomic mass is 35.5. The van der Waals surface area contributed by atoms with Crippen LogP contribution >= 0.6 is 23.4 Å². The zero-order chi connectivity index (χ0) is 17.6. The van der Waals surface area contributed by atoms with Crippen LogP contribution in [0.2, 0.25) is 5.02 Å². The lowest BCUT2D eigenvalue weighted by molar-refractivity contribution is 0.197. The van der Waals surface area contributed by atoms with Crippen LogP contribution in [0.4, 0.5) is 0 Å². The molecule has 0 N–H and O–H groups in total. The average Bonchev–Trinajstić information content (AvgIpc) is 3.47. The Hall–Kier alpha value is -1.84. The van der Waals surface area contributed by atoms with Gasteiger partial charge in [-0.2, -0.15) is 5.26 Å². The molecule has 0 aromatic heterocycles. The van der Waals surface area contributed by atoms with Crippen molar-refractivity contribution < 1.29 is 4.74 Å². The number of hydrogen-bond donors (Lipinski definition) is 0. The zero-order valence-corrected chi connectivity index (χ0v) is 15.8. The Kier molecular flexibility index (Phi) is 6.11. The van der Waals surface area contributed by atoms with Crippen molar-refractivity contribution in [2.75, 3.05) is 39.0 Å². The van der Waals surface area contributed by atoms with Crippen LogP contribution < -0.4 is 4.74 Å². The van der Waals surface area contributed by atoms with Crippen LogP contribution in [0.1, 0.15) is 12.8 Å². The molecule has 132 valence electrons. The monoisotopic (exact) mass is 376 g/mol. The van der Waals surface area contributed by atoms with E-state index in [-0.39, 0.29) is 0 Å². The molecule has 2 fully saturated rings. The van der Waals surface area contributed by atoms with Crippen molar-refractivity contribution >= 4 is 28.5 Å². The second-order valence-corrected chi connectivity index (χ2v) is 7.18. The van der Waals surface area contributed by atoms with Gasteiger partial charge in [-0.3, -0.25) is 0 Å². The van der Waals surface area contributed by atoms with Crippen LogP contribution in [-0.4, -0.2) is 54.0 Å². The molecule has 1 aliphatic carbocycles. The molecule has 1 aromatic rings. The molecule has 0 unspecified atom stereocenters. The number of nitrogens with zero attached hydrogens (tertiary/aromatic N) is 4. The highest BCUT2D eigenvalue weighted by Gasteiger charge is 2.26. The number of rotatable bonds is 4. The third-order valence-corrected chi connectivity index (χ3v) is 5.32. The fourth-order valence-corrected chi connectivity index (χ4v) is 3.61. The maximum absolute atomic E-state index is 8.79. The molecule has 0 radical (unpaired) electrons. The van der Waals surface area contributed by atoms with Gasteiger partial charge >= 0.3 is 0 Å². The van der Waals surface area contributed by atoms with Crippen LogP contribution in [0.3, 0.4) is 0 Å². The van der Waals surface area contributed by atoms with Crippen molar-refractivity contribution in [1.82, 2.24) is 9.80 Å². The molecular weight excluding hydrogens is 356 g/mol. The van der Waals surface area contributed by atoms with Gasteiger partial charge in [0.15, 0.2) is 5.17 Å². The van der Waals surface area contributed by atoms with E-state index in [1.165, 1.54) is 35.9 Å². The number of thioether (sulfide) groups is 1. The summed E-state index contributed by atoms with van der Waals surface area (Å²) in [5, 5.41) is 10.3. The molecule has 0 amide bonds. The Morgan fingerprint density at radius 1 is 1.20 bits per heavy atom. The van der Waals surface area contributed by atoms with Gasteiger partial charge in [0.1, 0.15) is 12.4 Å². The van der Waals surface area contributed by atoms with Gasteiger partial charge in [0.2, 0.25) is 6.19 Å². The molecule has 1 heterocycles. The number of aliphatic imine (C=N–C) groups is 1. The number of halogens is 1. The summed E-state index contributed by atoms with van der Waals surface area (Å²) in [6.45, 7) is 4.19. The summed E-state index contributed by atoms with van der Waals surface area (Å²) in [4.78, 5) is 8.51. The predicted octanol–water partition coefficient (Wildman–Crippen LogP) is 3.58. The number of hydrogen-bond acceptors (Lipinski definition) is 5. The Morgan fingerprint density at radius 2 is 1.84 bits per heavy atom. The smallest absolute Gasteiger partial charge is 0.208 e. The van der Waals surface area contributed by atoms with Gasteiger partial charge in [0, 0.05) is 31.2 Å². The first-order valence-corrected chi connectivity index (χ1v) is 9.91. The van der Waals surface area contributed by atoms with E-state index >= 15 is 0 Å². The standard InChI is InChI=1S/C18H21ClN4OS/c1-25-18(21-13-20)23-10-8-22(9-11-23)17(14-2-3-14)12-24-16-6-4-15(19)5-7-16/h4-7H,2-3,8-12H2,1H3. The van der Waals surface area contributed by atoms with Gasteiger partial charge in [0.05, 0.1) is 5.70 Å². The van der Waals surface area contributed by atoms with Gasteiger partial charge in [-0.15, -0.1) is 4.99 Å². The minimum absolute atomic E-state index is 0.596. The molecular formula is C18H21ClN4OS. The number of nitriles is 1. The SMILES string of the molecule is CSC(=NC#N)N1CCN(C(COc2ccc(Cl)cc2)=C2CC2)CC1. The lowest BCUT2D eigenvalue weighted by atomic mass is 10.2. The third-order valence-electron chi connectivity index (χ3n) is 4.36. The fourth-order valence-electron chi connectivity index (χ4n) is 2.91.